The molecule has 1 heteroatoms. The first kappa shape index (κ1) is 21.2. The molecule has 128 valence electrons. The quantitative estimate of drug-likeness (QED) is 0.282. The Hall–Kier alpha value is -0.820. The molecule has 0 saturated carbocycles. The fraction of sp³-hybridized carbons (Fsp3) is 0.435. The third-order valence-electron chi connectivity index (χ3n) is 5.41. The second-order valence-electron chi connectivity index (χ2n) is 7.58. The predicted molar refractivity (Wildman–Crippen MR) is 103 cm³/mol. The molecule has 0 amide bonds. The van der Waals surface area contributed by atoms with Crippen LogP contribution in [0.3, 0.4) is 0 Å². The van der Waals surface area contributed by atoms with Crippen molar-refractivity contribution in [3.05, 3.63) is 63.2 Å². The molecule has 0 unspecified atom stereocenters. The molecule has 0 bridgehead atoms. The van der Waals surface area contributed by atoms with E-state index < -0.39 is 0 Å². The Labute approximate surface area is 167 Å². The summed E-state index contributed by atoms with van der Waals surface area (Å²) in [4.78, 5) is 0. The molecule has 1 aliphatic carbocycles. The van der Waals surface area contributed by atoms with Crippen LogP contribution in [0.1, 0.15) is 56.9 Å². The maximum Gasteiger partial charge on any atom is 0 e. The van der Waals surface area contributed by atoms with Crippen molar-refractivity contribution < 1.29 is 25.8 Å². The Bertz CT molecular complexity index is 768. The van der Waals surface area contributed by atoms with Crippen molar-refractivity contribution in [3.63, 3.8) is 0 Å². The van der Waals surface area contributed by atoms with Crippen LogP contribution >= 0.6 is 0 Å². The third kappa shape index (κ3) is 3.87. The Kier molecular flexibility index (Phi) is 6.72. The summed E-state index contributed by atoms with van der Waals surface area (Å²) in [5.74, 6) is 0. The molecule has 0 aliphatic heterocycles. The summed E-state index contributed by atoms with van der Waals surface area (Å²) in [5.41, 5.74) is 10.0. The van der Waals surface area contributed by atoms with Crippen molar-refractivity contribution in [2.24, 2.45) is 5.41 Å². The SMILES string of the molecule is CC1=[C-]C(C)(C)C(C)=C1C.Cc1ccc(C)c2c1c(C)c[c-]2C.[Hf]. The summed E-state index contributed by atoms with van der Waals surface area (Å²) < 4.78 is 0. The average Bonchev–Trinajstić information content (AvgIpc) is 2.85. The van der Waals surface area contributed by atoms with Crippen LogP contribution in [-0.2, 0) is 25.8 Å². The molecular weight excluding hydrogens is 455 g/mol. The van der Waals surface area contributed by atoms with Crippen LogP contribution in [0.15, 0.2) is 34.9 Å². The Morgan fingerprint density at radius 1 is 0.875 bits per heavy atom. The first-order valence-corrected chi connectivity index (χ1v) is 8.49. The van der Waals surface area contributed by atoms with Crippen molar-refractivity contribution in [3.8, 4) is 0 Å². The summed E-state index contributed by atoms with van der Waals surface area (Å²) in [6, 6.07) is 6.71. The zero-order valence-corrected chi connectivity index (χ0v) is 20.3. The molecule has 0 spiro atoms. The fourth-order valence-electron chi connectivity index (χ4n) is 3.70. The molecule has 0 aromatic heterocycles. The monoisotopic (exact) mass is 486 g/mol. The van der Waals surface area contributed by atoms with Gasteiger partial charge in [-0.25, -0.2) is 5.57 Å². The van der Waals surface area contributed by atoms with Crippen LogP contribution in [0, 0.1) is 39.2 Å². The first-order chi connectivity index (χ1) is 10.6. The van der Waals surface area contributed by atoms with Crippen LogP contribution in [0.4, 0.5) is 0 Å². The Morgan fingerprint density at radius 3 is 1.79 bits per heavy atom. The molecule has 3 rings (SSSR count). The predicted octanol–water partition coefficient (Wildman–Crippen LogP) is 6.90. The van der Waals surface area contributed by atoms with Gasteiger partial charge in [0.25, 0.3) is 0 Å². The van der Waals surface area contributed by atoms with E-state index in [-0.39, 0.29) is 31.3 Å². The van der Waals surface area contributed by atoms with Gasteiger partial charge >= 0.3 is 0 Å². The van der Waals surface area contributed by atoms with Crippen molar-refractivity contribution in [1.29, 1.82) is 0 Å². The zero-order chi connectivity index (χ0) is 17.5. The number of fused-ring (bicyclic) bond motifs is 1. The van der Waals surface area contributed by atoms with Gasteiger partial charge in [-0.15, -0.1) is 41.0 Å². The van der Waals surface area contributed by atoms with Crippen molar-refractivity contribution in [2.45, 2.75) is 62.3 Å². The van der Waals surface area contributed by atoms with Gasteiger partial charge in [-0.2, -0.15) is 16.7 Å². The maximum atomic E-state index is 3.44. The van der Waals surface area contributed by atoms with Crippen LogP contribution in [-0.4, -0.2) is 0 Å². The average molecular weight is 485 g/mol. The molecule has 1 aliphatic rings. The van der Waals surface area contributed by atoms with Gasteiger partial charge < -0.3 is 0 Å². The van der Waals surface area contributed by atoms with Gasteiger partial charge in [0.2, 0.25) is 0 Å². The molecule has 0 radical (unpaired) electrons. The number of allylic oxidation sites excluding steroid dienone is 4. The van der Waals surface area contributed by atoms with Crippen molar-refractivity contribution in [2.75, 3.05) is 0 Å². The van der Waals surface area contributed by atoms with Crippen molar-refractivity contribution in [1.82, 2.24) is 0 Å². The van der Waals surface area contributed by atoms with Crippen LogP contribution in [0.5, 0.6) is 0 Å². The second-order valence-corrected chi connectivity index (χ2v) is 7.58. The second kappa shape index (κ2) is 7.60. The van der Waals surface area contributed by atoms with Gasteiger partial charge in [0, 0.05) is 25.8 Å². The Balaban J connectivity index is 0.000000238. The molecule has 2 aromatic carbocycles. The topological polar surface area (TPSA) is 0 Å². The van der Waals surface area contributed by atoms with Gasteiger partial charge in [-0.1, -0.05) is 65.5 Å². The number of rotatable bonds is 0. The normalized spacial score (nSPS) is 15.8. The van der Waals surface area contributed by atoms with E-state index in [1.165, 1.54) is 49.7 Å². The largest absolute Gasteiger partial charge is 0.263 e. The van der Waals surface area contributed by atoms with E-state index in [1.807, 2.05) is 0 Å². The minimum atomic E-state index is 0. The zero-order valence-electron chi connectivity index (χ0n) is 16.7. The standard InChI is InChI=1S/C13H15.C10H15.Hf/c1-8-5-6-9(2)13-11(4)7-10(3)12(8)13;1-7-6-10(4,5)9(3)8(7)2;/h5-7H,1-4H3;1-5H3;/q2*-1;. The van der Waals surface area contributed by atoms with E-state index in [0.29, 0.717) is 0 Å². The molecule has 0 nitrogen and oxygen atoms in total. The number of aryl methyl sites for hydroxylation is 4. The van der Waals surface area contributed by atoms with Gasteiger partial charge in [0.05, 0.1) is 0 Å². The van der Waals surface area contributed by atoms with Crippen LogP contribution in [0.25, 0.3) is 10.8 Å². The van der Waals surface area contributed by atoms with Gasteiger partial charge in [-0.05, 0) is 6.92 Å². The maximum absolute atomic E-state index is 3.44. The first-order valence-electron chi connectivity index (χ1n) is 8.49. The van der Waals surface area contributed by atoms with E-state index in [0.717, 1.165) is 0 Å². The molecule has 2 aromatic rings. The smallest absolute Gasteiger partial charge is 0 e. The summed E-state index contributed by atoms with van der Waals surface area (Å²) in [5, 5.41) is 2.91. The minimum Gasteiger partial charge on any atom is -0.263 e. The van der Waals surface area contributed by atoms with Gasteiger partial charge in [0.1, 0.15) is 0 Å². The Morgan fingerprint density at radius 2 is 1.42 bits per heavy atom. The molecule has 24 heavy (non-hydrogen) atoms. The van der Waals surface area contributed by atoms with Crippen LogP contribution in [0.2, 0.25) is 0 Å². The van der Waals surface area contributed by atoms with E-state index in [1.54, 1.807) is 0 Å². The third-order valence-corrected chi connectivity index (χ3v) is 5.41. The van der Waals surface area contributed by atoms with Gasteiger partial charge in [-0.3, -0.25) is 6.08 Å². The molecule has 0 fully saturated rings. The summed E-state index contributed by atoms with van der Waals surface area (Å²) in [7, 11) is 0. The summed E-state index contributed by atoms with van der Waals surface area (Å²) >= 11 is 0. The number of hydrogen-bond acceptors (Lipinski definition) is 0. The molecule has 0 saturated heterocycles. The van der Waals surface area contributed by atoms with E-state index in [2.05, 4.69) is 86.6 Å². The summed E-state index contributed by atoms with van der Waals surface area (Å²) in [6.45, 7) is 19.7. The van der Waals surface area contributed by atoms with E-state index in [9.17, 15) is 0 Å². The molecule has 0 atom stereocenters. The van der Waals surface area contributed by atoms with Crippen molar-refractivity contribution >= 4 is 10.8 Å². The molecule has 0 N–H and O–H groups in total. The van der Waals surface area contributed by atoms with E-state index >= 15 is 0 Å². The van der Waals surface area contributed by atoms with Gasteiger partial charge in [0.15, 0.2) is 0 Å². The molecule has 0 heterocycles. The minimum absolute atomic E-state index is 0. The molecular formula is C23H30Hf-2. The fourth-order valence-corrected chi connectivity index (χ4v) is 3.70. The summed E-state index contributed by atoms with van der Waals surface area (Å²) in [6.07, 6.45) is 3.44. The van der Waals surface area contributed by atoms with Crippen LogP contribution < -0.4 is 0 Å². The van der Waals surface area contributed by atoms with E-state index in [4.69, 9.17) is 0 Å². The number of hydrogen-bond donors (Lipinski definition) is 0. The number of benzene rings is 1.